The number of para-hydroxylation sites is 1. The Labute approximate surface area is 178 Å². The van der Waals surface area contributed by atoms with Gasteiger partial charge in [0.05, 0.1) is 17.8 Å². The van der Waals surface area contributed by atoms with E-state index in [0.717, 1.165) is 25.0 Å². The summed E-state index contributed by atoms with van der Waals surface area (Å²) in [6, 6.07) is 14.0. The van der Waals surface area contributed by atoms with Gasteiger partial charge in [-0.15, -0.1) is 0 Å². The van der Waals surface area contributed by atoms with E-state index in [1.165, 1.54) is 30.5 Å². The number of pyridine rings is 1. The maximum Gasteiger partial charge on any atom is 0.350 e. The monoisotopic (exact) mass is 424 g/mol. The third-order valence-electron chi connectivity index (χ3n) is 4.61. The summed E-state index contributed by atoms with van der Waals surface area (Å²) in [4.78, 5) is 28.5. The summed E-state index contributed by atoms with van der Waals surface area (Å²) in [5.41, 5.74) is 0.136. The van der Waals surface area contributed by atoms with Crippen LogP contribution in [0.4, 0.5) is 14.5 Å². The molecule has 0 fully saturated rings. The van der Waals surface area contributed by atoms with E-state index in [1.54, 1.807) is 30.3 Å². The van der Waals surface area contributed by atoms with E-state index in [1.807, 2.05) is 6.92 Å². The van der Waals surface area contributed by atoms with Gasteiger partial charge < -0.3 is 10.1 Å². The van der Waals surface area contributed by atoms with Crippen LogP contribution in [0.15, 0.2) is 66.9 Å². The summed E-state index contributed by atoms with van der Waals surface area (Å²) in [7, 11) is 0. The van der Waals surface area contributed by atoms with Crippen molar-refractivity contribution >= 4 is 34.5 Å². The zero-order valence-corrected chi connectivity index (χ0v) is 17.0. The molecule has 0 aliphatic heterocycles. The second kappa shape index (κ2) is 9.93. The molecule has 0 unspecified atom stereocenters. The number of benzene rings is 2. The summed E-state index contributed by atoms with van der Waals surface area (Å²) < 4.78 is 35.2. The molecule has 3 aromatic rings. The van der Waals surface area contributed by atoms with Gasteiger partial charge >= 0.3 is 11.9 Å². The van der Waals surface area contributed by atoms with E-state index in [-0.39, 0.29) is 17.9 Å². The van der Waals surface area contributed by atoms with E-state index in [4.69, 9.17) is 4.74 Å². The molecule has 0 bridgehead atoms. The third-order valence-corrected chi connectivity index (χ3v) is 4.61. The van der Waals surface area contributed by atoms with Crippen molar-refractivity contribution in [3.63, 3.8) is 0 Å². The number of ether oxygens (including phenoxy) is 1. The molecule has 2 aromatic carbocycles. The van der Waals surface area contributed by atoms with Crippen LogP contribution in [0.2, 0.25) is 0 Å². The van der Waals surface area contributed by atoms with Crippen molar-refractivity contribution in [2.45, 2.75) is 25.7 Å². The fourth-order valence-corrected chi connectivity index (χ4v) is 2.98. The van der Waals surface area contributed by atoms with Crippen LogP contribution in [0.3, 0.4) is 0 Å². The fourth-order valence-electron chi connectivity index (χ4n) is 2.98. The summed E-state index contributed by atoms with van der Waals surface area (Å²) in [6.45, 7) is 2.22. The summed E-state index contributed by atoms with van der Waals surface area (Å²) in [5.74, 6) is -5.96. The number of hydrogen-bond acceptors (Lipinski definition) is 4. The first-order valence-corrected chi connectivity index (χ1v) is 9.91. The second-order valence-electron chi connectivity index (χ2n) is 6.85. The number of hydrogen-bond donors (Lipinski definition) is 1. The minimum atomic E-state index is -3.84. The van der Waals surface area contributed by atoms with E-state index >= 15 is 8.78 Å². The predicted octanol–water partition coefficient (Wildman–Crippen LogP) is 5.32. The van der Waals surface area contributed by atoms with Crippen molar-refractivity contribution < 1.29 is 23.1 Å². The molecular formula is C24H22F2N2O3. The molecule has 0 aliphatic carbocycles. The molecule has 160 valence electrons. The Balaban J connectivity index is 1.83. The lowest BCUT2D eigenvalue weighted by molar-refractivity contribution is -0.141. The molecule has 0 saturated carbocycles. The van der Waals surface area contributed by atoms with Crippen molar-refractivity contribution in [2.75, 3.05) is 11.9 Å². The average molecular weight is 424 g/mol. The molecular weight excluding hydrogens is 402 g/mol. The van der Waals surface area contributed by atoms with E-state index in [9.17, 15) is 9.59 Å². The van der Waals surface area contributed by atoms with Gasteiger partial charge in [-0.1, -0.05) is 55.8 Å². The quantitative estimate of drug-likeness (QED) is 0.302. The lowest BCUT2D eigenvalue weighted by Gasteiger charge is -2.19. The average Bonchev–Trinajstić information content (AvgIpc) is 2.78. The first kappa shape index (κ1) is 22.1. The van der Waals surface area contributed by atoms with Gasteiger partial charge in [0.2, 0.25) is 0 Å². The Kier molecular flexibility index (Phi) is 7.07. The maximum atomic E-state index is 15.1. The van der Waals surface area contributed by atoms with Gasteiger partial charge in [-0.25, -0.2) is 4.79 Å². The number of esters is 1. The van der Waals surface area contributed by atoms with Crippen molar-refractivity contribution in [1.82, 2.24) is 4.98 Å². The molecule has 1 amide bonds. The second-order valence-corrected chi connectivity index (χ2v) is 6.85. The fraction of sp³-hybridized carbons (Fsp3) is 0.208. The Bertz CT molecular complexity index is 1110. The van der Waals surface area contributed by atoms with Crippen LogP contribution in [0.5, 0.6) is 0 Å². The molecule has 0 spiro atoms. The summed E-state index contributed by atoms with van der Waals surface area (Å²) >= 11 is 0. The predicted molar refractivity (Wildman–Crippen MR) is 116 cm³/mol. The van der Waals surface area contributed by atoms with E-state index in [0.29, 0.717) is 10.9 Å². The summed E-state index contributed by atoms with van der Waals surface area (Å²) in [5, 5.41) is 3.00. The molecule has 1 aromatic heterocycles. The van der Waals surface area contributed by atoms with Gasteiger partial charge in [-0.3, -0.25) is 9.78 Å². The number of aromatic nitrogens is 1. The van der Waals surface area contributed by atoms with Crippen molar-refractivity contribution in [3.05, 3.63) is 78.0 Å². The molecule has 31 heavy (non-hydrogen) atoms. The van der Waals surface area contributed by atoms with Crippen molar-refractivity contribution in [2.24, 2.45) is 0 Å². The number of halogens is 2. The Morgan fingerprint density at radius 1 is 1.10 bits per heavy atom. The zero-order valence-electron chi connectivity index (χ0n) is 17.0. The highest BCUT2D eigenvalue weighted by atomic mass is 19.3. The number of carbonyl (C=O) groups is 2. The summed E-state index contributed by atoms with van der Waals surface area (Å²) in [6.07, 6.45) is 5.42. The molecule has 0 atom stereocenters. The minimum absolute atomic E-state index is 0.0473. The van der Waals surface area contributed by atoms with Crippen LogP contribution in [-0.2, 0) is 20.2 Å². The Morgan fingerprint density at radius 3 is 2.68 bits per heavy atom. The van der Waals surface area contributed by atoms with Gasteiger partial charge in [0, 0.05) is 23.2 Å². The topological polar surface area (TPSA) is 68.3 Å². The zero-order chi connectivity index (χ0) is 22.3. The van der Waals surface area contributed by atoms with Crippen LogP contribution in [-0.4, -0.2) is 23.5 Å². The van der Waals surface area contributed by atoms with Gasteiger partial charge in [0.25, 0.3) is 5.91 Å². The molecule has 0 radical (unpaired) electrons. The highest BCUT2D eigenvalue weighted by Gasteiger charge is 2.42. The number of anilines is 1. The van der Waals surface area contributed by atoms with Crippen LogP contribution >= 0.6 is 0 Å². The van der Waals surface area contributed by atoms with E-state index < -0.39 is 23.4 Å². The van der Waals surface area contributed by atoms with Crippen LogP contribution in [0.1, 0.15) is 30.9 Å². The van der Waals surface area contributed by atoms with Crippen molar-refractivity contribution in [1.29, 1.82) is 0 Å². The van der Waals surface area contributed by atoms with Gasteiger partial charge in [-0.2, -0.15) is 8.78 Å². The molecule has 3 rings (SSSR count). The largest absolute Gasteiger partial charge is 0.463 e. The maximum absolute atomic E-state index is 15.1. The number of alkyl halides is 2. The molecule has 1 heterocycles. The lowest BCUT2D eigenvalue weighted by atomic mass is 10.00. The number of nitrogens with zero attached hydrogens (tertiary/aromatic N) is 1. The van der Waals surface area contributed by atoms with Gasteiger partial charge in [0.15, 0.2) is 0 Å². The third kappa shape index (κ3) is 5.31. The van der Waals surface area contributed by atoms with Gasteiger partial charge in [0.1, 0.15) is 0 Å². The highest BCUT2D eigenvalue weighted by molar-refractivity contribution is 6.03. The molecule has 1 N–H and O–H groups in total. The molecule has 5 nitrogen and oxygen atoms in total. The number of rotatable bonds is 8. The SMILES string of the molecule is CCCCOC(=O)/C=C/c1ccccc1C(F)(F)C(=O)Nc1cccc2cccnc12. The first-order valence-electron chi connectivity index (χ1n) is 9.91. The standard InChI is InChI=1S/C24H22F2N2O3/c1-2-3-16-31-21(29)14-13-17-8-4-5-11-19(17)24(25,26)23(30)28-20-12-6-9-18-10-7-15-27-22(18)20/h4-15H,2-3,16H2,1H3,(H,28,30)/b14-13+. The van der Waals surface area contributed by atoms with Gasteiger partial charge in [-0.05, 0) is 30.2 Å². The van der Waals surface area contributed by atoms with Crippen LogP contribution in [0.25, 0.3) is 17.0 Å². The number of amides is 1. The Morgan fingerprint density at radius 2 is 1.87 bits per heavy atom. The smallest absolute Gasteiger partial charge is 0.350 e. The minimum Gasteiger partial charge on any atom is -0.463 e. The molecule has 0 aliphatic rings. The van der Waals surface area contributed by atoms with E-state index in [2.05, 4.69) is 10.3 Å². The highest BCUT2D eigenvalue weighted by Crippen LogP contribution is 2.33. The number of unbranched alkanes of at least 4 members (excludes halogenated alkanes) is 1. The molecule has 7 heteroatoms. The normalized spacial score (nSPS) is 11.6. The number of fused-ring (bicyclic) bond motifs is 1. The molecule has 0 saturated heterocycles. The lowest BCUT2D eigenvalue weighted by Crippen LogP contribution is -2.33. The van der Waals surface area contributed by atoms with Crippen molar-refractivity contribution in [3.8, 4) is 0 Å². The first-order chi connectivity index (χ1) is 14.9. The Hall–Kier alpha value is -3.61. The number of carbonyl (C=O) groups excluding carboxylic acids is 2. The van der Waals surface area contributed by atoms with Crippen LogP contribution < -0.4 is 5.32 Å². The van der Waals surface area contributed by atoms with Crippen LogP contribution in [0, 0.1) is 0 Å². The number of nitrogens with one attached hydrogen (secondary N) is 1.